The summed E-state index contributed by atoms with van der Waals surface area (Å²) in [7, 11) is -4.05. The molecule has 1 aliphatic heterocycles. The Morgan fingerprint density at radius 3 is 2.43 bits per heavy atom. The maximum atomic E-state index is 13.7. The number of hydrazine groups is 1. The van der Waals surface area contributed by atoms with Gasteiger partial charge in [0.1, 0.15) is 17.5 Å². The highest BCUT2D eigenvalue weighted by Gasteiger charge is 2.41. The van der Waals surface area contributed by atoms with Crippen LogP contribution in [0.2, 0.25) is 0 Å². The molecular formula is C17H17F3N4O3S. The normalized spacial score (nSPS) is 19.4. The molecule has 7 nitrogen and oxygen atoms in total. The molecule has 0 spiro atoms. The maximum Gasteiger partial charge on any atom is 0.250 e. The van der Waals surface area contributed by atoms with E-state index >= 15 is 0 Å². The monoisotopic (exact) mass is 414 g/mol. The van der Waals surface area contributed by atoms with Crippen molar-refractivity contribution >= 4 is 21.6 Å². The molecule has 0 radical (unpaired) electrons. The van der Waals surface area contributed by atoms with Gasteiger partial charge in [-0.1, -0.05) is 6.07 Å². The highest BCUT2D eigenvalue weighted by molar-refractivity contribution is 7.93. The average molecular weight is 414 g/mol. The molecule has 1 amide bonds. The number of carbonyl (C=O) groups is 1. The van der Waals surface area contributed by atoms with Crippen LogP contribution in [0.3, 0.4) is 0 Å². The number of amides is 1. The molecule has 3 rings (SSSR count). The third-order valence-electron chi connectivity index (χ3n) is 4.18. The van der Waals surface area contributed by atoms with Crippen molar-refractivity contribution in [1.29, 1.82) is 0 Å². The van der Waals surface area contributed by atoms with E-state index in [0.29, 0.717) is 6.07 Å². The maximum absolute atomic E-state index is 13.7. The fourth-order valence-corrected chi connectivity index (χ4v) is 4.21. The van der Waals surface area contributed by atoms with Crippen LogP contribution in [0.5, 0.6) is 0 Å². The van der Waals surface area contributed by atoms with Gasteiger partial charge in [-0.15, -0.1) is 0 Å². The van der Waals surface area contributed by atoms with E-state index in [2.05, 4.69) is 20.9 Å². The van der Waals surface area contributed by atoms with Gasteiger partial charge in [0.2, 0.25) is 5.91 Å². The first-order chi connectivity index (χ1) is 13.3. The molecule has 150 valence electrons. The van der Waals surface area contributed by atoms with Gasteiger partial charge < -0.3 is 5.32 Å². The van der Waals surface area contributed by atoms with Crippen LogP contribution in [-0.2, 0) is 21.4 Å². The molecule has 0 bridgehead atoms. The summed E-state index contributed by atoms with van der Waals surface area (Å²) in [5.74, 6) is -3.72. The van der Waals surface area contributed by atoms with Crippen molar-refractivity contribution in [2.24, 2.45) is 5.92 Å². The second-order valence-electron chi connectivity index (χ2n) is 6.16. The lowest BCUT2D eigenvalue weighted by Crippen LogP contribution is -2.46. The summed E-state index contributed by atoms with van der Waals surface area (Å²) in [6.07, 6.45) is 0. The molecule has 0 aliphatic carbocycles. The molecule has 2 atom stereocenters. The van der Waals surface area contributed by atoms with Crippen LogP contribution in [0.15, 0.2) is 42.5 Å². The lowest BCUT2D eigenvalue weighted by Gasteiger charge is -2.19. The van der Waals surface area contributed by atoms with Crippen LogP contribution in [0.4, 0.5) is 18.9 Å². The van der Waals surface area contributed by atoms with Crippen LogP contribution in [0.1, 0.15) is 5.56 Å². The third-order valence-corrected chi connectivity index (χ3v) is 5.81. The Balaban J connectivity index is 1.67. The van der Waals surface area contributed by atoms with E-state index in [4.69, 9.17) is 0 Å². The zero-order valence-electron chi connectivity index (χ0n) is 14.4. The second kappa shape index (κ2) is 8.17. The van der Waals surface area contributed by atoms with Crippen LogP contribution >= 0.6 is 0 Å². The van der Waals surface area contributed by atoms with Gasteiger partial charge in [-0.3, -0.25) is 14.9 Å². The molecule has 2 aromatic rings. The molecule has 1 fully saturated rings. The van der Waals surface area contributed by atoms with Crippen LogP contribution in [0, 0.1) is 23.4 Å². The van der Waals surface area contributed by atoms with Crippen LogP contribution in [0.25, 0.3) is 0 Å². The van der Waals surface area contributed by atoms with E-state index in [0.717, 1.165) is 18.2 Å². The minimum Gasteiger partial charge on any atom is -0.352 e. The Labute approximate surface area is 159 Å². The quantitative estimate of drug-likeness (QED) is 0.570. The molecule has 0 saturated carbocycles. The smallest absolute Gasteiger partial charge is 0.250 e. The van der Waals surface area contributed by atoms with Gasteiger partial charge in [-0.2, -0.15) is 0 Å². The first-order valence-corrected chi connectivity index (χ1v) is 9.78. The molecule has 28 heavy (non-hydrogen) atoms. The Morgan fingerprint density at radius 1 is 1.07 bits per heavy atom. The topological polar surface area (TPSA) is 99.3 Å². The second-order valence-corrected chi connectivity index (χ2v) is 7.96. The molecule has 1 heterocycles. The minimum absolute atomic E-state index is 0.0206. The molecule has 2 unspecified atom stereocenters. The van der Waals surface area contributed by atoms with E-state index in [1.54, 1.807) is 0 Å². The van der Waals surface area contributed by atoms with E-state index in [9.17, 15) is 26.4 Å². The number of benzene rings is 2. The zero-order chi connectivity index (χ0) is 20.3. The summed E-state index contributed by atoms with van der Waals surface area (Å²) >= 11 is 0. The van der Waals surface area contributed by atoms with Crippen LogP contribution in [-0.4, -0.2) is 26.2 Å². The number of carbonyl (C=O) groups excluding carboxylic acids is 1. The van der Waals surface area contributed by atoms with E-state index in [1.807, 2.05) is 0 Å². The summed E-state index contributed by atoms with van der Waals surface area (Å²) in [4.78, 5) is 12.4. The van der Waals surface area contributed by atoms with Crippen molar-refractivity contribution in [3.63, 3.8) is 0 Å². The van der Waals surface area contributed by atoms with Gasteiger partial charge >= 0.3 is 0 Å². The summed E-state index contributed by atoms with van der Waals surface area (Å²) in [5.41, 5.74) is 5.33. The van der Waals surface area contributed by atoms with Crippen LogP contribution < -0.4 is 20.9 Å². The number of rotatable bonds is 6. The van der Waals surface area contributed by atoms with Crippen molar-refractivity contribution in [3.8, 4) is 0 Å². The molecule has 1 aliphatic rings. The first kappa shape index (κ1) is 20.1. The third kappa shape index (κ3) is 4.61. The lowest BCUT2D eigenvalue weighted by molar-refractivity contribution is -0.124. The summed E-state index contributed by atoms with van der Waals surface area (Å²) in [5, 5.41) is 1.14. The fraction of sp³-hybridized carbons (Fsp3) is 0.235. The predicted molar refractivity (Wildman–Crippen MR) is 95.6 cm³/mol. The van der Waals surface area contributed by atoms with Gasteiger partial charge in [0.25, 0.3) is 10.0 Å². The van der Waals surface area contributed by atoms with E-state index in [1.165, 1.54) is 18.2 Å². The van der Waals surface area contributed by atoms with Gasteiger partial charge in [0.05, 0.1) is 5.92 Å². The Bertz CT molecular complexity index is 970. The molecule has 2 aromatic carbocycles. The highest BCUT2D eigenvalue weighted by atomic mass is 32.2. The first-order valence-electron chi connectivity index (χ1n) is 8.23. The van der Waals surface area contributed by atoms with Crippen molar-refractivity contribution in [3.05, 3.63) is 65.5 Å². The lowest BCUT2D eigenvalue weighted by atomic mass is 10.1. The standard InChI is InChI=1S/C17H17F3N4O3S/c18-11-3-5-13(6-4-11)24-28(26,27)17-14(9-22-23-17)16(25)21-8-10-1-2-12(19)7-15(10)20/h1-7,14,17,22-24H,8-9H2,(H,21,25). The average Bonchev–Trinajstić information content (AvgIpc) is 3.13. The molecule has 4 N–H and O–H groups in total. The molecule has 0 aromatic heterocycles. The largest absolute Gasteiger partial charge is 0.352 e. The number of halogens is 3. The number of hydrogen-bond donors (Lipinski definition) is 4. The Morgan fingerprint density at radius 2 is 1.75 bits per heavy atom. The summed E-state index contributed by atoms with van der Waals surface area (Å²) < 4.78 is 67.0. The highest BCUT2D eigenvalue weighted by Crippen LogP contribution is 2.19. The SMILES string of the molecule is O=C(NCc1ccc(F)cc1F)C1CNNC1S(=O)(=O)Nc1ccc(F)cc1. The van der Waals surface area contributed by atoms with Crippen molar-refractivity contribution in [1.82, 2.24) is 16.2 Å². The molecular weight excluding hydrogens is 397 g/mol. The fourth-order valence-electron chi connectivity index (χ4n) is 2.73. The minimum atomic E-state index is -4.05. The van der Waals surface area contributed by atoms with E-state index in [-0.39, 0.29) is 24.3 Å². The van der Waals surface area contributed by atoms with Crippen molar-refractivity contribution in [2.75, 3.05) is 11.3 Å². The van der Waals surface area contributed by atoms with Crippen molar-refractivity contribution < 1.29 is 26.4 Å². The number of hydrogen-bond acceptors (Lipinski definition) is 5. The van der Waals surface area contributed by atoms with E-state index < -0.39 is 44.7 Å². The number of anilines is 1. The van der Waals surface area contributed by atoms with Gasteiger partial charge in [0, 0.05) is 30.4 Å². The van der Waals surface area contributed by atoms with Crippen molar-refractivity contribution in [2.45, 2.75) is 11.9 Å². The molecule has 1 saturated heterocycles. The van der Waals surface area contributed by atoms with Gasteiger partial charge in [0.15, 0.2) is 5.37 Å². The van der Waals surface area contributed by atoms with Gasteiger partial charge in [-0.25, -0.2) is 27.0 Å². The Kier molecular flexibility index (Phi) is 5.87. The summed E-state index contributed by atoms with van der Waals surface area (Å²) in [6, 6.07) is 7.64. The predicted octanol–water partition coefficient (Wildman–Crippen LogP) is 1.21. The summed E-state index contributed by atoms with van der Waals surface area (Å²) in [6.45, 7) is -0.202. The number of sulfonamides is 1. The number of nitrogens with one attached hydrogen (secondary N) is 4. The zero-order valence-corrected chi connectivity index (χ0v) is 15.2. The Hall–Kier alpha value is -2.63. The van der Waals surface area contributed by atoms with Gasteiger partial charge in [-0.05, 0) is 30.3 Å². The molecule has 11 heteroatoms.